The lowest BCUT2D eigenvalue weighted by Gasteiger charge is -2.16. The molecule has 0 atom stereocenters. The van der Waals surface area contributed by atoms with Gasteiger partial charge in [0.15, 0.2) is 0 Å². The van der Waals surface area contributed by atoms with Crippen molar-refractivity contribution in [3.63, 3.8) is 0 Å². The van der Waals surface area contributed by atoms with E-state index in [1.165, 1.54) is 6.07 Å². The number of rotatable bonds is 11. The lowest BCUT2D eigenvalue weighted by Crippen LogP contribution is -2.25. The predicted octanol–water partition coefficient (Wildman–Crippen LogP) is 6.02. The summed E-state index contributed by atoms with van der Waals surface area (Å²) in [7, 11) is 0. The van der Waals surface area contributed by atoms with Gasteiger partial charge < -0.3 is 21.1 Å². The zero-order valence-corrected chi connectivity index (χ0v) is 23.6. The minimum atomic E-state index is -0.610. The van der Waals surface area contributed by atoms with Crippen molar-refractivity contribution in [1.29, 1.82) is 5.41 Å². The van der Waals surface area contributed by atoms with Crippen LogP contribution in [0, 0.1) is 11.3 Å². The fraction of sp³-hybridized carbons (Fsp3) is 0.176. The Morgan fingerprint density at radius 3 is 2.12 bits per heavy atom. The normalized spacial score (nSPS) is 10.6. The molecule has 0 bridgehead atoms. The van der Waals surface area contributed by atoms with Crippen molar-refractivity contribution < 1.29 is 19.1 Å². The Hall–Kier alpha value is -5.24. The number of carbonyl (C=O) groups is 3. The molecule has 4 rings (SSSR count). The Kier molecular flexibility index (Phi) is 9.84. The van der Waals surface area contributed by atoms with Gasteiger partial charge in [-0.05, 0) is 71.5 Å². The van der Waals surface area contributed by atoms with Gasteiger partial charge in [-0.3, -0.25) is 15.0 Å². The van der Waals surface area contributed by atoms with Crippen LogP contribution in [0.3, 0.4) is 0 Å². The Balaban J connectivity index is 1.67. The molecule has 0 saturated heterocycles. The number of amides is 2. The monoisotopic (exact) mass is 562 g/mol. The molecule has 0 aliphatic rings. The topological polar surface area (TPSA) is 134 Å². The Morgan fingerprint density at radius 2 is 1.43 bits per heavy atom. The van der Waals surface area contributed by atoms with Gasteiger partial charge in [0, 0.05) is 28.9 Å². The summed E-state index contributed by atoms with van der Waals surface area (Å²) in [6.45, 7) is 4.73. The lowest BCUT2D eigenvalue weighted by atomic mass is 9.93. The number of nitrogens with two attached hydrogens (primary N) is 1. The number of carbonyl (C=O) groups excluding carboxylic acids is 3. The fourth-order valence-corrected chi connectivity index (χ4v) is 4.31. The number of esters is 1. The van der Waals surface area contributed by atoms with E-state index in [0.717, 1.165) is 12.0 Å². The number of ether oxygens (including phenoxy) is 1. The zero-order valence-electron chi connectivity index (χ0n) is 23.6. The second kappa shape index (κ2) is 13.9. The molecule has 5 N–H and O–H groups in total. The van der Waals surface area contributed by atoms with E-state index in [1.54, 1.807) is 60.7 Å². The van der Waals surface area contributed by atoms with Crippen LogP contribution in [0.5, 0.6) is 0 Å². The van der Waals surface area contributed by atoms with Gasteiger partial charge in [-0.25, -0.2) is 4.79 Å². The summed E-state index contributed by atoms with van der Waals surface area (Å²) in [5, 5.41) is 13.3. The summed E-state index contributed by atoms with van der Waals surface area (Å²) < 4.78 is 5.65. The molecular formula is C34H34N4O4. The smallest absolute Gasteiger partial charge is 0.339 e. The predicted molar refractivity (Wildman–Crippen MR) is 165 cm³/mol. The molecule has 8 nitrogen and oxygen atoms in total. The number of amidine groups is 1. The molecule has 0 aromatic heterocycles. The number of anilines is 1. The van der Waals surface area contributed by atoms with Gasteiger partial charge in [0.05, 0.1) is 5.56 Å². The Labute approximate surface area is 245 Å². The first-order valence-electron chi connectivity index (χ1n) is 13.7. The molecule has 214 valence electrons. The van der Waals surface area contributed by atoms with E-state index in [4.69, 9.17) is 15.9 Å². The third-order valence-corrected chi connectivity index (χ3v) is 6.64. The van der Waals surface area contributed by atoms with Gasteiger partial charge in [-0.2, -0.15) is 0 Å². The number of hydrogen-bond acceptors (Lipinski definition) is 5. The van der Waals surface area contributed by atoms with E-state index >= 15 is 0 Å². The van der Waals surface area contributed by atoms with Gasteiger partial charge in [0.1, 0.15) is 12.4 Å². The van der Waals surface area contributed by atoms with E-state index in [-0.39, 0.29) is 29.8 Å². The van der Waals surface area contributed by atoms with E-state index in [0.29, 0.717) is 46.0 Å². The van der Waals surface area contributed by atoms with E-state index < -0.39 is 5.97 Å². The van der Waals surface area contributed by atoms with Crippen molar-refractivity contribution in [2.75, 3.05) is 11.9 Å². The van der Waals surface area contributed by atoms with Crippen LogP contribution >= 0.6 is 0 Å². The molecule has 0 spiro atoms. The highest BCUT2D eigenvalue weighted by molar-refractivity contribution is 6.11. The van der Waals surface area contributed by atoms with Gasteiger partial charge >= 0.3 is 5.97 Å². The van der Waals surface area contributed by atoms with Gasteiger partial charge in [0.2, 0.25) is 0 Å². The molecular weight excluding hydrogens is 528 g/mol. The first-order valence-corrected chi connectivity index (χ1v) is 13.7. The molecule has 8 heteroatoms. The number of hydrogen-bond donors (Lipinski definition) is 4. The zero-order chi connectivity index (χ0) is 30.1. The summed E-state index contributed by atoms with van der Waals surface area (Å²) in [5.41, 5.74) is 9.22. The second-order valence-corrected chi connectivity index (χ2v) is 10.3. The highest BCUT2D eigenvalue weighted by Crippen LogP contribution is 2.30. The molecule has 4 aromatic carbocycles. The number of nitrogen functional groups attached to an aromatic ring is 1. The molecule has 0 saturated carbocycles. The molecule has 4 aromatic rings. The van der Waals surface area contributed by atoms with E-state index in [9.17, 15) is 14.4 Å². The van der Waals surface area contributed by atoms with Gasteiger partial charge in [0.25, 0.3) is 11.8 Å². The Bertz CT molecular complexity index is 1580. The van der Waals surface area contributed by atoms with Gasteiger partial charge in [-0.15, -0.1) is 0 Å². The molecule has 0 aliphatic carbocycles. The van der Waals surface area contributed by atoms with Crippen LogP contribution in [-0.2, 0) is 11.3 Å². The van der Waals surface area contributed by atoms with E-state index in [2.05, 4.69) is 24.5 Å². The van der Waals surface area contributed by atoms with Crippen LogP contribution in [-0.4, -0.2) is 30.2 Å². The molecule has 0 fully saturated rings. The Morgan fingerprint density at radius 1 is 0.786 bits per heavy atom. The lowest BCUT2D eigenvalue weighted by molar-refractivity contribution is 0.0473. The third kappa shape index (κ3) is 7.69. The molecule has 0 unspecified atom stereocenters. The van der Waals surface area contributed by atoms with Crippen molar-refractivity contribution in [3.05, 3.63) is 125 Å². The second-order valence-electron chi connectivity index (χ2n) is 10.3. The largest absolute Gasteiger partial charge is 0.457 e. The summed E-state index contributed by atoms with van der Waals surface area (Å²) in [6, 6.07) is 27.7. The molecule has 0 heterocycles. The van der Waals surface area contributed by atoms with Crippen LogP contribution in [0.4, 0.5) is 5.69 Å². The quantitative estimate of drug-likeness (QED) is 0.101. The summed E-state index contributed by atoms with van der Waals surface area (Å²) in [5.74, 6) is -0.923. The molecule has 42 heavy (non-hydrogen) atoms. The first-order chi connectivity index (χ1) is 20.2. The average Bonchev–Trinajstić information content (AvgIpc) is 3.00. The summed E-state index contributed by atoms with van der Waals surface area (Å²) >= 11 is 0. The number of nitrogens with one attached hydrogen (secondary N) is 3. The maximum absolute atomic E-state index is 13.5. The van der Waals surface area contributed by atoms with Gasteiger partial charge in [-0.1, -0.05) is 68.4 Å². The SMILES string of the molecule is CC(C)CCNC(=O)c1ccc(-c2ccccc2C(=O)Nc2ccc(C(=N)N)cc2)c(C(=O)OCc2ccccc2)c1. The van der Waals surface area contributed by atoms with Crippen LogP contribution in [0.1, 0.15) is 62.5 Å². The van der Waals surface area contributed by atoms with Crippen molar-refractivity contribution in [3.8, 4) is 11.1 Å². The first kappa shape index (κ1) is 29.7. The van der Waals surface area contributed by atoms with Crippen molar-refractivity contribution in [1.82, 2.24) is 5.32 Å². The van der Waals surface area contributed by atoms with Crippen LogP contribution < -0.4 is 16.4 Å². The van der Waals surface area contributed by atoms with Crippen LogP contribution in [0.15, 0.2) is 97.1 Å². The molecule has 0 aliphatic heterocycles. The highest BCUT2D eigenvalue weighted by Gasteiger charge is 2.22. The highest BCUT2D eigenvalue weighted by atomic mass is 16.5. The van der Waals surface area contributed by atoms with Crippen molar-refractivity contribution >= 4 is 29.3 Å². The number of benzene rings is 4. The minimum absolute atomic E-state index is 0.0579. The summed E-state index contributed by atoms with van der Waals surface area (Å²) in [4.78, 5) is 39.8. The van der Waals surface area contributed by atoms with Crippen LogP contribution in [0.2, 0.25) is 0 Å². The van der Waals surface area contributed by atoms with Crippen LogP contribution in [0.25, 0.3) is 11.1 Å². The summed E-state index contributed by atoms with van der Waals surface area (Å²) in [6.07, 6.45) is 0.829. The maximum atomic E-state index is 13.5. The van der Waals surface area contributed by atoms with Crippen molar-refractivity contribution in [2.24, 2.45) is 11.7 Å². The van der Waals surface area contributed by atoms with E-state index in [1.807, 2.05) is 30.3 Å². The molecule has 0 radical (unpaired) electrons. The van der Waals surface area contributed by atoms with Crippen molar-refractivity contribution in [2.45, 2.75) is 26.9 Å². The molecule has 2 amide bonds. The standard InChI is InChI=1S/C34H34N4O4/c1-22(2)18-19-37-32(39)25-14-17-28(30(20-25)34(41)42-21-23-8-4-3-5-9-23)27-10-6-7-11-29(27)33(40)38-26-15-12-24(13-16-26)31(35)36/h3-17,20,22H,18-19,21H2,1-2H3,(H3,35,36)(H,37,39)(H,38,40). The minimum Gasteiger partial charge on any atom is -0.457 e. The maximum Gasteiger partial charge on any atom is 0.339 e. The fourth-order valence-electron chi connectivity index (χ4n) is 4.31. The third-order valence-electron chi connectivity index (χ3n) is 6.64. The average molecular weight is 563 g/mol.